The van der Waals surface area contributed by atoms with Crippen molar-refractivity contribution in [3.8, 4) is 0 Å². The molecule has 1 saturated heterocycles. The lowest BCUT2D eigenvalue weighted by Crippen LogP contribution is -2.24. The molecule has 8 heteroatoms. The van der Waals surface area contributed by atoms with E-state index >= 15 is 0 Å². The molecule has 0 N–H and O–H groups in total. The molecule has 1 atom stereocenters. The van der Waals surface area contributed by atoms with Crippen molar-refractivity contribution in [3.05, 3.63) is 34.6 Å². The van der Waals surface area contributed by atoms with Crippen molar-refractivity contribution in [2.45, 2.75) is 49.6 Å². The number of aromatic nitrogens is 4. The van der Waals surface area contributed by atoms with Gasteiger partial charge in [-0.2, -0.15) is 0 Å². The third-order valence-electron chi connectivity index (χ3n) is 5.09. The minimum Gasteiger partial charge on any atom is -0.345 e. The molecule has 1 amide bonds. The average molecular weight is 385 g/mol. The maximum absolute atomic E-state index is 13.0. The predicted octanol–water partition coefficient (Wildman–Crippen LogP) is 2.56. The minimum absolute atomic E-state index is 0.0326. The molecular formula is C19H23N5O2S. The summed E-state index contributed by atoms with van der Waals surface area (Å²) in [6.07, 6.45) is 3.86. The third-order valence-corrected chi connectivity index (χ3v) is 6.29. The fourth-order valence-electron chi connectivity index (χ4n) is 3.56. The van der Waals surface area contributed by atoms with Crippen molar-refractivity contribution >= 4 is 34.3 Å². The van der Waals surface area contributed by atoms with Crippen LogP contribution in [0.15, 0.2) is 34.2 Å². The largest absolute Gasteiger partial charge is 0.345 e. The van der Waals surface area contributed by atoms with Crippen LogP contribution in [0.1, 0.15) is 32.6 Å². The van der Waals surface area contributed by atoms with Crippen LogP contribution >= 0.6 is 11.8 Å². The maximum Gasteiger partial charge on any atom is 0.262 e. The Morgan fingerprint density at radius 2 is 2.00 bits per heavy atom. The van der Waals surface area contributed by atoms with Crippen LogP contribution in [0.2, 0.25) is 0 Å². The fraction of sp³-hybridized carbons (Fsp3) is 0.474. The molecule has 0 saturated carbocycles. The van der Waals surface area contributed by atoms with E-state index in [1.165, 1.54) is 11.8 Å². The van der Waals surface area contributed by atoms with E-state index in [1.54, 1.807) is 9.47 Å². The summed E-state index contributed by atoms with van der Waals surface area (Å²) in [6, 6.07) is 7.54. The summed E-state index contributed by atoms with van der Waals surface area (Å²) >= 11 is 1.44. The number of rotatable bonds is 6. The SMILES string of the molecule is CCCCCn1c(=O)c2ccccc2n2c(SC3CCN(C)C3=O)nnc12. The van der Waals surface area contributed by atoms with E-state index in [2.05, 4.69) is 17.1 Å². The highest BCUT2D eigenvalue weighted by atomic mass is 32.2. The molecule has 0 radical (unpaired) electrons. The summed E-state index contributed by atoms with van der Waals surface area (Å²) in [7, 11) is 1.83. The van der Waals surface area contributed by atoms with Gasteiger partial charge in [0, 0.05) is 20.1 Å². The number of carbonyl (C=O) groups is 1. The zero-order valence-corrected chi connectivity index (χ0v) is 16.4. The second-order valence-electron chi connectivity index (χ2n) is 6.95. The minimum atomic E-state index is -0.151. The van der Waals surface area contributed by atoms with E-state index in [4.69, 9.17) is 0 Å². The van der Waals surface area contributed by atoms with Crippen molar-refractivity contribution in [2.24, 2.45) is 0 Å². The lowest BCUT2D eigenvalue weighted by atomic mass is 10.2. The van der Waals surface area contributed by atoms with Crippen molar-refractivity contribution in [2.75, 3.05) is 13.6 Å². The van der Waals surface area contributed by atoms with Crippen molar-refractivity contribution in [1.82, 2.24) is 24.1 Å². The van der Waals surface area contributed by atoms with Gasteiger partial charge in [-0.25, -0.2) is 0 Å². The van der Waals surface area contributed by atoms with Crippen molar-refractivity contribution in [1.29, 1.82) is 0 Å². The molecule has 0 aliphatic carbocycles. The van der Waals surface area contributed by atoms with E-state index in [9.17, 15) is 9.59 Å². The van der Waals surface area contributed by atoms with E-state index in [0.717, 1.165) is 37.7 Å². The van der Waals surface area contributed by atoms with Crippen LogP contribution in [0.3, 0.4) is 0 Å². The highest BCUT2D eigenvalue weighted by molar-refractivity contribution is 8.00. The number of aryl methyl sites for hydroxylation is 1. The molecule has 27 heavy (non-hydrogen) atoms. The van der Waals surface area contributed by atoms with Gasteiger partial charge in [0.2, 0.25) is 11.7 Å². The molecule has 3 aromatic rings. The summed E-state index contributed by atoms with van der Waals surface area (Å²) < 4.78 is 3.65. The first-order valence-corrected chi connectivity index (χ1v) is 10.3. The Hall–Kier alpha value is -2.35. The topological polar surface area (TPSA) is 72.5 Å². The molecule has 1 unspecified atom stereocenters. The van der Waals surface area contributed by atoms with Crippen LogP contribution in [-0.2, 0) is 11.3 Å². The smallest absolute Gasteiger partial charge is 0.262 e. The molecule has 4 rings (SSSR count). The first kappa shape index (κ1) is 18.0. The summed E-state index contributed by atoms with van der Waals surface area (Å²) in [6.45, 7) is 3.52. The van der Waals surface area contributed by atoms with Gasteiger partial charge in [0.1, 0.15) is 0 Å². The Morgan fingerprint density at radius 3 is 2.74 bits per heavy atom. The number of benzene rings is 1. The third kappa shape index (κ3) is 3.12. The Balaban J connectivity index is 1.85. The Kier molecular flexibility index (Phi) is 4.90. The summed E-state index contributed by atoms with van der Waals surface area (Å²) in [5, 5.41) is 9.83. The number of amides is 1. The first-order valence-electron chi connectivity index (χ1n) is 9.40. The van der Waals surface area contributed by atoms with Crippen LogP contribution < -0.4 is 5.56 Å². The van der Waals surface area contributed by atoms with Gasteiger partial charge in [-0.1, -0.05) is 43.7 Å². The molecule has 1 aliphatic heterocycles. The summed E-state index contributed by atoms with van der Waals surface area (Å²) in [5.41, 5.74) is 0.755. The first-order chi connectivity index (χ1) is 13.1. The van der Waals surface area contributed by atoms with Gasteiger partial charge in [0.05, 0.1) is 16.2 Å². The Labute approximate surface area is 161 Å². The molecule has 2 aromatic heterocycles. The van der Waals surface area contributed by atoms with Crippen LogP contribution in [0.5, 0.6) is 0 Å². The van der Waals surface area contributed by atoms with E-state index in [1.807, 2.05) is 35.7 Å². The zero-order valence-electron chi connectivity index (χ0n) is 15.6. The molecule has 7 nitrogen and oxygen atoms in total. The van der Waals surface area contributed by atoms with Gasteiger partial charge in [-0.3, -0.25) is 18.6 Å². The molecule has 0 spiro atoms. The molecule has 1 fully saturated rings. The van der Waals surface area contributed by atoms with Gasteiger partial charge >= 0.3 is 0 Å². The normalized spacial score (nSPS) is 17.5. The standard InChI is InChI=1S/C19H23N5O2S/c1-3-4-7-11-23-16(25)13-8-5-6-9-14(13)24-18(23)20-21-19(24)27-15-10-12-22(2)17(15)26/h5-6,8-9,15H,3-4,7,10-12H2,1-2H3. The molecule has 1 aliphatic rings. The molecular weight excluding hydrogens is 362 g/mol. The Bertz CT molecular complexity index is 1060. The zero-order chi connectivity index (χ0) is 19.0. The van der Waals surface area contributed by atoms with Crippen LogP contribution in [0.4, 0.5) is 0 Å². The number of thioether (sulfide) groups is 1. The number of unbranched alkanes of at least 4 members (excludes halogenated alkanes) is 2. The summed E-state index contributed by atoms with van der Waals surface area (Å²) in [5.74, 6) is 0.674. The number of carbonyl (C=O) groups excluding carboxylic acids is 1. The molecule has 1 aromatic carbocycles. The Morgan fingerprint density at radius 1 is 1.19 bits per heavy atom. The number of hydrogen-bond acceptors (Lipinski definition) is 5. The highest BCUT2D eigenvalue weighted by Crippen LogP contribution is 2.30. The second kappa shape index (κ2) is 7.34. The van der Waals surface area contributed by atoms with Gasteiger partial charge in [-0.05, 0) is 25.0 Å². The average Bonchev–Trinajstić information content (AvgIpc) is 3.23. The summed E-state index contributed by atoms with van der Waals surface area (Å²) in [4.78, 5) is 27.1. The van der Waals surface area contributed by atoms with Crippen molar-refractivity contribution < 1.29 is 4.79 Å². The number of para-hydroxylation sites is 1. The van der Waals surface area contributed by atoms with E-state index < -0.39 is 0 Å². The van der Waals surface area contributed by atoms with Crippen LogP contribution in [-0.4, -0.2) is 48.8 Å². The van der Waals surface area contributed by atoms with Gasteiger partial charge < -0.3 is 4.90 Å². The number of hydrogen-bond donors (Lipinski definition) is 0. The van der Waals surface area contributed by atoms with Gasteiger partial charge in [-0.15, -0.1) is 10.2 Å². The van der Waals surface area contributed by atoms with E-state index in [-0.39, 0.29) is 16.7 Å². The monoisotopic (exact) mass is 385 g/mol. The van der Waals surface area contributed by atoms with Gasteiger partial charge in [0.15, 0.2) is 5.16 Å². The van der Waals surface area contributed by atoms with Crippen molar-refractivity contribution in [3.63, 3.8) is 0 Å². The lowest BCUT2D eigenvalue weighted by molar-refractivity contribution is -0.126. The lowest BCUT2D eigenvalue weighted by Gasteiger charge is -2.12. The number of likely N-dealkylation sites (tertiary alicyclic amines) is 1. The molecule has 142 valence electrons. The fourth-order valence-corrected chi connectivity index (χ4v) is 4.69. The molecule has 0 bridgehead atoms. The number of nitrogens with zero attached hydrogens (tertiary/aromatic N) is 5. The van der Waals surface area contributed by atoms with Crippen LogP contribution in [0.25, 0.3) is 16.7 Å². The predicted molar refractivity (Wildman–Crippen MR) is 106 cm³/mol. The highest BCUT2D eigenvalue weighted by Gasteiger charge is 2.31. The van der Waals surface area contributed by atoms with Gasteiger partial charge in [0.25, 0.3) is 5.56 Å². The second-order valence-corrected chi connectivity index (χ2v) is 8.12. The molecule has 3 heterocycles. The van der Waals surface area contributed by atoms with Crippen LogP contribution in [0, 0.1) is 0 Å². The number of fused-ring (bicyclic) bond motifs is 3. The van der Waals surface area contributed by atoms with E-state index in [0.29, 0.717) is 22.9 Å². The maximum atomic E-state index is 13.0. The quantitative estimate of drug-likeness (QED) is 0.610.